The molecule has 0 aliphatic rings. The monoisotopic (exact) mass is 450 g/mol. The molecule has 0 bridgehead atoms. The fourth-order valence-electron chi connectivity index (χ4n) is 2.89. The van der Waals surface area contributed by atoms with E-state index in [4.69, 9.17) is 5.73 Å². The second-order valence-electron chi connectivity index (χ2n) is 6.09. The Kier molecular flexibility index (Phi) is 4.93. The van der Waals surface area contributed by atoms with Crippen LogP contribution in [0.2, 0.25) is 0 Å². The summed E-state index contributed by atoms with van der Waals surface area (Å²) in [6.07, 6.45) is 4.83. The van der Waals surface area contributed by atoms with E-state index in [1.54, 1.807) is 30.7 Å². The highest BCUT2D eigenvalue weighted by Gasteiger charge is 2.19. The molecule has 5 nitrogen and oxygen atoms in total. The van der Waals surface area contributed by atoms with Gasteiger partial charge in [-0.05, 0) is 35.2 Å². The topological polar surface area (TPSA) is 80.9 Å². The predicted octanol–water partition coefficient (Wildman–Crippen LogP) is 5.35. The van der Waals surface area contributed by atoms with E-state index in [9.17, 15) is 4.79 Å². The summed E-state index contributed by atoms with van der Waals surface area (Å²) in [7, 11) is 0. The number of rotatable bonds is 4. The van der Waals surface area contributed by atoms with Gasteiger partial charge in [0.2, 0.25) is 0 Å². The minimum atomic E-state index is -0.306. The number of carbonyl (C=O) groups is 1. The van der Waals surface area contributed by atoms with Crippen LogP contribution in [0, 0.1) is 0 Å². The number of pyridine rings is 2. The van der Waals surface area contributed by atoms with Crippen LogP contribution < -0.4 is 11.1 Å². The zero-order valence-corrected chi connectivity index (χ0v) is 17.0. The third kappa shape index (κ3) is 3.42. The van der Waals surface area contributed by atoms with Gasteiger partial charge in [-0.1, -0.05) is 34.6 Å². The second kappa shape index (κ2) is 7.53. The van der Waals surface area contributed by atoms with Gasteiger partial charge in [-0.2, -0.15) is 0 Å². The Hall–Kier alpha value is -3.03. The van der Waals surface area contributed by atoms with Crippen molar-refractivity contribution in [1.29, 1.82) is 0 Å². The number of nitrogens with two attached hydrogens (primary N) is 1. The standard InChI is InChI=1S/C21H15BrN4OS/c1-12(21(27)26-15-3-2-8-24-9-15)16-10-25-20(23)18-17(11-28-19(16)18)13-4-6-14(22)7-5-13/h2-11H,1H2,(H2,23,25)(H,26,27). The first-order valence-corrected chi connectivity index (χ1v) is 10.0. The molecule has 0 fully saturated rings. The highest BCUT2D eigenvalue weighted by molar-refractivity contribution is 9.10. The van der Waals surface area contributed by atoms with Crippen molar-refractivity contribution in [1.82, 2.24) is 9.97 Å². The van der Waals surface area contributed by atoms with Crippen LogP contribution in [0.5, 0.6) is 0 Å². The summed E-state index contributed by atoms with van der Waals surface area (Å²) in [5.74, 6) is 0.123. The molecule has 3 N–H and O–H groups in total. The Morgan fingerprint density at radius 2 is 1.96 bits per heavy atom. The largest absolute Gasteiger partial charge is 0.383 e. The number of nitrogens with one attached hydrogen (secondary N) is 1. The van der Waals surface area contributed by atoms with Gasteiger partial charge in [0.15, 0.2) is 0 Å². The smallest absolute Gasteiger partial charge is 0.255 e. The van der Waals surface area contributed by atoms with Gasteiger partial charge in [0.05, 0.1) is 11.9 Å². The Morgan fingerprint density at radius 1 is 1.18 bits per heavy atom. The van der Waals surface area contributed by atoms with Gasteiger partial charge in [-0.15, -0.1) is 11.3 Å². The lowest BCUT2D eigenvalue weighted by molar-refractivity contribution is -0.111. The first kappa shape index (κ1) is 18.3. The van der Waals surface area contributed by atoms with Crippen LogP contribution in [0.3, 0.4) is 0 Å². The van der Waals surface area contributed by atoms with Crippen molar-refractivity contribution in [2.75, 3.05) is 11.1 Å². The summed E-state index contributed by atoms with van der Waals surface area (Å²) in [4.78, 5) is 21.0. The number of amides is 1. The van der Waals surface area contributed by atoms with E-state index >= 15 is 0 Å². The fraction of sp³-hybridized carbons (Fsp3) is 0. The van der Waals surface area contributed by atoms with E-state index in [1.807, 2.05) is 29.6 Å². The third-order valence-electron chi connectivity index (χ3n) is 4.30. The summed E-state index contributed by atoms with van der Waals surface area (Å²) in [5, 5.41) is 5.67. The zero-order valence-electron chi connectivity index (χ0n) is 14.6. The number of benzene rings is 1. The maximum Gasteiger partial charge on any atom is 0.255 e. The number of hydrogen-bond acceptors (Lipinski definition) is 5. The van der Waals surface area contributed by atoms with Gasteiger partial charge in [0, 0.05) is 43.7 Å². The number of nitrogens with zero attached hydrogens (tertiary/aromatic N) is 2. The zero-order chi connectivity index (χ0) is 19.7. The summed E-state index contributed by atoms with van der Waals surface area (Å²) in [6, 6.07) is 11.5. The van der Waals surface area contributed by atoms with Gasteiger partial charge in [-0.3, -0.25) is 9.78 Å². The van der Waals surface area contributed by atoms with Crippen molar-refractivity contribution in [3.05, 3.63) is 77.0 Å². The van der Waals surface area contributed by atoms with E-state index in [-0.39, 0.29) is 5.91 Å². The molecule has 1 amide bonds. The molecule has 3 aromatic heterocycles. The average molecular weight is 451 g/mol. The van der Waals surface area contributed by atoms with Crippen molar-refractivity contribution in [3.8, 4) is 11.1 Å². The molecule has 138 valence electrons. The minimum absolute atomic E-state index is 0.306. The molecule has 0 radical (unpaired) electrons. The molecule has 4 rings (SSSR count). The number of nitrogen functional groups attached to an aromatic ring is 1. The highest BCUT2D eigenvalue weighted by atomic mass is 79.9. The maximum atomic E-state index is 12.7. The number of aromatic nitrogens is 2. The molecule has 0 saturated heterocycles. The van der Waals surface area contributed by atoms with Gasteiger partial charge in [0.25, 0.3) is 5.91 Å². The molecule has 4 aromatic rings. The molecule has 0 aliphatic heterocycles. The number of anilines is 2. The average Bonchev–Trinajstić information content (AvgIpc) is 3.15. The Morgan fingerprint density at radius 3 is 2.68 bits per heavy atom. The van der Waals surface area contributed by atoms with Crippen LogP contribution in [-0.2, 0) is 4.79 Å². The van der Waals surface area contributed by atoms with E-state index in [0.29, 0.717) is 22.6 Å². The maximum absolute atomic E-state index is 12.7. The van der Waals surface area contributed by atoms with Gasteiger partial charge >= 0.3 is 0 Å². The van der Waals surface area contributed by atoms with Crippen LogP contribution >= 0.6 is 27.3 Å². The third-order valence-corrected chi connectivity index (χ3v) is 5.84. The lowest BCUT2D eigenvalue weighted by Crippen LogP contribution is -2.13. The van der Waals surface area contributed by atoms with Crippen LogP contribution in [0.25, 0.3) is 26.8 Å². The molecule has 28 heavy (non-hydrogen) atoms. The number of halogens is 1. The summed E-state index contributed by atoms with van der Waals surface area (Å²) in [5.41, 5.74) is 9.80. The van der Waals surface area contributed by atoms with Crippen LogP contribution in [0.1, 0.15) is 5.56 Å². The molecule has 0 aliphatic carbocycles. The molecular formula is C21H15BrN4OS. The Balaban J connectivity index is 1.74. The van der Waals surface area contributed by atoms with Crippen molar-refractivity contribution < 1.29 is 4.79 Å². The van der Waals surface area contributed by atoms with Crippen LogP contribution in [0.15, 0.2) is 71.4 Å². The van der Waals surface area contributed by atoms with Gasteiger partial charge < -0.3 is 11.1 Å². The van der Waals surface area contributed by atoms with E-state index in [0.717, 1.165) is 25.7 Å². The molecule has 3 heterocycles. The molecule has 1 aromatic carbocycles. The van der Waals surface area contributed by atoms with E-state index < -0.39 is 0 Å². The molecule has 7 heteroatoms. The number of thiophene rings is 1. The van der Waals surface area contributed by atoms with E-state index in [1.165, 1.54) is 11.3 Å². The Labute approximate surface area is 174 Å². The highest BCUT2D eigenvalue weighted by Crippen LogP contribution is 2.40. The second-order valence-corrected chi connectivity index (χ2v) is 7.89. The molecular weight excluding hydrogens is 436 g/mol. The summed E-state index contributed by atoms with van der Waals surface area (Å²) >= 11 is 4.97. The molecule has 0 unspecified atom stereocenters. The van der Waals surface area contributed by atoms with Crippen molar-refractivity contribution in [3.63, 3.8) is 0 Å². The van der Waals surface area contributed by atoms with Crippen LogP contribution in [0.4, 0.5) is 11.5 Å². The minimum Gasteiger partial charge on any atom is -0.383 e. The van der Waals surface area contributed by atoms with Crippen LogP contribution in [-0.4, -0.2) is 15.9 Å². The predicted molar refractivity (Wildman–Crippen MR) is 119 cm³/mol. The number of fused-ring (bicyclic) bond motifs is 1. The molecule has 0 saturated carbocycles. The first-order chi connectivity index (χ1) is 13.5. The van der Waals surface area contributed by atoms with Crippen molar-refractivity contribution in [2.45, 2.75) is 0 Å². The molecule has 0 spiro atoms. The van der Waals surface area contributed by atoms with Gasteiger partial charge in [-0.25, -0.2) is 4.98 Å². The lowest BCUT2D eigenvalue weighted by atomic mass is 10.0. The Bertz CT molecular complexity index is 1190. The SMILES string of the molecule is C=C(C(=O)Nc1cccnc1)c1cnc(N)c2c(-c3ccc(Br)cc3)csc12. The fourth-order valence-corrected chi connectivity index (χ4v) is 4.28. The van der Waals surface area contributed by atoms with Gasteiger partial charge in [0.1, 0.15) is 5.82 Å². The summed E-state index contributed by atoms with van der Waals surface area (Å²) < 4.78 is 1.89. The quantitative estimate of drug-likeness (QED) is 0.410. The normalized spacial score (nSPS) is 10.8. The first-order valence-electron chi connectivity index (χ1n) is 8.37. The lowest BCUT2D eigenvalue weighted by Gasteiger charge is -2.10. The summed E-state index contributed by atoms with van der Waals surface area (Å²) in [6.45, 7) is 3.98. The van der Waals surface area contributed by atoms with E-state index in [2.05, 4.69) is 37.8 Å². The molecule has 0 atom stereocenters. The number of hydrogen-bond donors (Lipinski definition) is 2. The number of carbonyl (C=O) groups excluding carboxylic acids is 1. The van der Waals surface area contributed by atoms with Crippen molar-refractivity contribution in [2.24, 2.45) is 0 Å². The van der Waals surface area contributed by atoms with Crippen molar-refractivity contribution >= 4 is 60.3 Å².